The summed E-state index contributed by atoms with van der Waals surface area (Å²) in [6.45, 7) is 5.90. The van der Waals surface area contributed by atoms with Gasteiger partial charge in [-0.1, -0.05) is 13.3 Å². The molecule has 0 spiro atoms. The summed E-state index contributed by atoms with van der Waals surface area (Å²) in [5.41, 5.74) is 0. The number of aliphatic hydroxyl groups excluding tert-OH is 2. The molecule has 0 aromatic rings. The summed E-state index contributed by atoms with van der Waals surface area (Å²) < 4.78 is 5.29. The van der Waals surface area contributed by atoms with Crippen molar-refractivity contribution in [3.63, 3.8) is 0 Å². The molecular formula is C11H25NO3. The number of ether oxygens (including phenoxy) is 1. The lowest BCUT2D eigenvalue weighted by atomic mass is 10.2. The second kappa shape index (κ2) is 10.4. The molecule has 0 amide bonds. The Balaban J connectivity index is 3.28. The van der Waals surface area contributed by atoms with Crippen LogP contribution in [0.25, 0.3) is 0 Å². The highest BCUT2D eigenvalue weighted by molar-refractivity contribution is 4.64. The van der Waals surface area contributed by atoms with Crippen molar-refractivity contribution >= 4 is 0 Å². The average Bonchev–Trinajstić information content (AvgIpc) is 2.22. The van der Waals surface area contributed by atoms with Crippen molar-refractivity contribution in [2.75, 3.05) is 26.4 Å². The van der Waals surface area contributed by atoms with Gasteiger partial charge in [-0.05, 0) is 19.8 Å². The van der Waals surface area contributed by atoms with Crippen LogP contribution in [-0.4, -0.2) is 48.7 Å². The first-order chi connectivity index (χ1) is 7.20. The molecule has 0 aliphatic rings. The summed E-state index contributed by atoms with van der Waals surface area (Å²) >= 11 is 0. The number of hydrogen-bond acceptors (Lipinski definition) is 4. The van der Waals surface area contributed by atoms with Gasteiger partial charge in [-0.3, -0.25) is 0 Å². The first-order valence-corrected chi connectivity index (χ1v) is 5.80. The Kier molecular flexibility index (Phi) is 10.3. The van der Waals surface area contributed by atoms with Crippen LogP contribution in [0.3, 0.4) is 0 Å². The highest BCUT2D eigenvalue weighted by Gasteiger charge is 2.06. The Hall–Kier alpha value is -0.160. The van der Waals surface area contributed by atoms with Gasteiger partial charge in [0, 0.05) is 25.8 Å². The molecule has 0 fully saturated rings. The molecule has 3 N–H and O–H groups in total. The number of rotatable bonds is 10. The number of unbranched alkanes of at least 4 members (excludes halogenated alkanes) is 1. The van der Waals surface area contributed by atoms with Gasteiger partial charge in [0.1, 0.15) is 0 Å². The molecule has 2 unspecified atom stereocenters. The second-order valence-electron chi connectivity index (χ2n) is 3.90. The van der Waals surface area contributed by atoms with Gasteiger partial charge in [0.15, 0.2) is 0 Å². The maximum atomic E-state index is 9.52. The van der Waals surface area contributed by atoms with Crippen LogP contribution in [0.2, 0.25) is 0 Å². The van der Waals surface area contributed by atoms with Crippen LogP contribution < -0.4 is 5.32 Å². The minimum Gasteiger partial charge on any atom is -0.396 e. The van der Waals surface area contributed by atoms with Gasteiger partial charge in [-0.2, -0.15) is 0 Å². The van der Waals surface area contributed by atoms with Gasteiger partial charge in [-0.25, -0.2) is 0 Å². The highest BCUT2D eigenvalue weighted by atomic mass is 16.5. The molecule has 0 bridgehead atoms. The van der Waals surface area contributed by atoms with E-state index in [1.165, 1.54) is 0 Å². The Morgan fingerprint density at radius 1 is 1.40 bits per heavy atom. The maximum absolute atomic E-state index is 9.52. The normalized spacial score (nSPS) is 15.2. The lowest BCUT2D eigenvalue weighted by molar-refractivity contribution is 0.0344. The van der Waals surface area contributed by atoms with Gasteiger partial charge < -0.3 is 20.3 Å². The molecule has 2 atom stereocenters. The van der Waals surface area contributed by atoms with Crippen molar-refractivity contribution in [3.8, 4) is 0 Å². The Labute approximate surface area is 92.6 Å². The van der Waals surface area contributed by atoms with Crippen LogP contribution in [0, 0.1) is 0 Å². The third-order valence-corrected chi connectivity index (χ3v) is 2.22. The molecule has 0 aromatic heterocycles. The molecule has 4 nitrogen and oxygen atoms in total. The average molecular weight is 219 g/mol. The molecule has 0 saturated heterocycles. The van der Waals surface area contributed by atoms with E-state index in [4.69, 9.17) is 9.84 Å². The van der Waals surface area contributed by atoms with Crippen molar-refractivity contribution < 1.29 is 14.9 Å². The zero-order chi connectivity index (χ0) is 11.5. The van der Waals surface area contributed by atoms with E-state index in [9.17, 15) is 5.11 Å². The van der Waals surface area contributed by atoms with Crippen LogP contribution in [0.4, 0.5) is 0 Å². The molecule has 0 aromatic carbocycles. The standard InChI is InChI=1S/C11H25NO3/c1-3-4-7-15-9-11(14)8-12-10(2)5-6-13/h10-14H,3-9H2,1-2H3. The Morgan fingerprint density at radius 2 is 2.13 bits per heavy atom. The Bertz CT molecular complexity index is 133. The SMILES string of the molecule is CCCCOCC(O)CNC(C)CCO. The van der Waals surface area contributed by atoms with E-state index in [-0.39, 0.29) is 12.6 Å². The molecule has 0 radical (unpaired) electrons. The minimum atomic E-state index is -0.456. The lowest BCUT2D eigenvalue weighted by Crippen LogP contribution is -2.36. The fourth-order valence-electron chi connectivity index (χ4n) is 1.16. The number of aliphatic hydroxyl groups is 2. The van der Waals surface area contributed by atoms with Crippen molar-refractivity contribution in [1.29, 1.82) is 0 Å². The zero-order valence-electron chi connectivity index (χ0n) is 9.91. The summed E-state index contributed by atoms with van der Waals surface area (Å²) in [5, 5.41) is 21.3. The molecule has 92 valence electrons. The van der Waals surface area contributed by atoms with Gasteiger partial charge in [-0.15, -0.1) is 0 Å². The summed E-state index contributed by atoms with van der Waals surface area (Å²) in [4.78, 5) is 0. The van der Waals surface area contributed by atoms with Crippen LogP contribution in [0.1, 0.15) is 33.1 Å². The maximum Gasteiger partial charge on any atom is 0.0897 e. The second-order valence-corrected chi connectivity index (χ2v) is 3.90. The molecule has 4 heteroatoms. The fraction of sp³-hybridized carbons (Fsp3) is 1.00. The monoisotopic (exact) mass is 219 g/mol. The predicted molar refractivity (Wildman–Crippen MR) is 60.9 cm³/mol. The molecule has 0 aliphatic carbocycles. The fourth-order valence-corrected chi connectivity index (χ4v) is 1.16. The van der Waals surface area contributed by atoms with E-state index < -0.39 is 6.10 Å². The third-order valence-electron chi connectivity index (χ3n) is 2.22. The van der Waals surface area contributed by atoms with Crippen molar-refractivity contribution in [3.05, 3.63) is 0 Å². The number of nitrogens with one attached hydrogen (secondary N) is 1. The van der Waals surface area contributed by atoms with E-state index in [1.807, 2.05) is 6.92 Å². The predicted octanol–water partition coefficient (Wildman–Crippen LogP) is 0.524. The van der Waals surface area contributed by atoms with Gasteiger partial charge in [0.2, 0.25) is 0 Å². The summed E-state index contributed by atoms with van der Waals surface area (Å²) in [7, 11) is 0. The molecule has 0 rings (SSSR count). The van der Waals surface area contributed by atoms with E-state index >= 15 is 0 Å². The van der Waals surface area contributed by atoms with E-state index in [0.29, 0.717) is 19.6 Å². The summed E-state index contributed by atoms with van der Waals surface area (Å²) in [6, 6.07) is 0.236. The van der Waals surface area contributed by atoms with Gasteiger partial charge in [0.25, 0.3) is 0 Å². The summed E-state index contributed by atoms with van der Waals surface area (Å²) in [5.74, 6) is 0. The van der Waals surface area contributed by atoms with Crippen molar-refractivity contribution in [1.82, 2.24) is 5.32 Å². The largest absolute Gasteiger partial charge is 0.396 e. The van der Waals surface area contributed by atoms with Crippen molar-refractivity contribution in [2.45, 2.75) is 45.3 Å². The zero-order valence-corrected chi connectivity index (χ0v) is 9.91. The number of hydrogen-bond donors (Lipinski definition) is 3. The minimum absolute atomic E-state index is 0.178. The molecule has 0 aliphatic heterocycles. The topological polar surface area (TPSA) is 61.7 Å². The first-order valence-electron chi connectivity index (χ1n) is 5.80. The smallest absolute Gasteiger partial charge is 0.0897 e. The van der Waals surface area contributed by atoms with Crippen LogP contribution in [-0.2, 0) is 4.74 Å². The quantitative estimate of drug-likeness (QED) is 0.469. The molecule has 0 heterocycles. The molecular weight excluding hydrogens is 194 g/mol. The van der Waals surface area contributed by atoms with Crippen LogP contribution in [0.15, 0.2) is 0 Å². The molecule has 0 saturated carbocycles. The van der Waals surface area contributed by atoms with Crippen LogP contribution in [0.5, 0.6) is 0 Å². The first kappa shape index (κ1) is 14.8. The van der Waals surface area contributed by atoms with Gasteiger partial charge in [0.05, 0.1) is 12.7 Å². The van der Waals surface area contributed by atoms with Crippen LogP contribution >= 0.6 is 0 Å². The van der Waals surface area contributed by atoms with Crippen molar-refractivity contribution in [2.24, 2.45) is 0 Å². The summed E-state index contributed by atoms with van der Waals surface area (Å²) in [6.07, 6.45) is 2.41. The molecule has 15 heavy (non-hydrogen) atoms. The van der Waals surface area contributed by atoms with E-state index in [1.54, 1.807) is 0 Å². The third kappa shape index (κ3) is 10.1. The lowest BCUT2D eigenvalue weighted by Gasteiger charge is -2.16. The van der Waals surface area contributed by atoms with E-state index in [0.717, 1.165) is 19.4 Å². The van der Waals surface area contributed by atoms with E-state index in [2.05, 4.69) is 12.2 Å². The Morgan fingerprint density at radius 3 is 2.73 bits per heavy atom. The van der Waals surface area contributed by atoms with Gasteiger partial charge >= 0.3 is 0 Å². The highest BCUT2D eigenvalue weighted by Crippen LogP contribution is 1.92.